The van der Waals surface area contributed by atoms with Crippen LogP contribution in [0.1, 0.15) is 12.0 Å². The van der Waals surface area contributed by atoms with E-state index in [1.807, 2.05) is 0 Å². The Bertz CT molecular complexity index is 734. The number of rotatable bonds is 6. The standard InChI is InChI=1S/C16H19Cl2NO4S/c1-23-8-7-19(13-6-9-24(21,22)11-13)16(20)5-3-12-2-4-14(17)15(18)10-12/h2-5,10,13H,6-9,11H2,1H3/b5-3+. The second kappa shape index (κ2) is 8.34. The van der Waals surface area contributed by atoms with Crippen LogP contribution in [-0.2, 0) is 19.4 Å². The average molecular weight is 392 g/mol. The molecule has 1 saturated heterocycles. The Balaban J connectivity index is 2.12. The summed E-state index contributed by atoms with van der Waals surface area (Å²) in [6, 6.07) is 4.75. The van der Waals surface area contributed by atoms with Crippen LogP contribution in [0.3, 0.4) is 0 Å². The van der Waals surface area contributed by atoms with Gasteiger partial charge in [0.15, 0.2) is 9.84 Å². The number of halogens is 2. The Morgan fingerprint density at radius 3 is 2.71 bits per heavy atom. The molecule has 1 aliphatic heterocycles. The van der Waals surface area contributed by atoms with Crippen LogP contribution in [0.25, 0.3) is 6.08 Å². The van der Waals surface area contributed by atoms with E-state index in [0.717, 1.165) is 5.56 Å². The molecule has 1 aliphatic rings. The predicted molar refractivity (Wildman–Crippen MR) is 96.1 cm³/mol. The van der Waals surface area contributed by atoms with Gasteiger partial charge in [-0.25, -0.2) is 8.42 Å². The molecule has 8 heteroatoms. The van der Waals surface area contributed by atoms with Gasteiger partial charge in [-0.15, -0.1) is 0 Å². The number of methoxy groups -OCH3 is 1. The van der Waals surface area contributed by atoms with Crippen molar-refractivity contribution in [3.63, 3.8) is 0 Å². The molecule has 0 spiro atoms. The molecular weight excluding hydrogens is 373 g/mol. The lowest BCUT2D eigenvalue weighted by molar-refractivity contribution is -0.128. The SMILES string of the molecule is COCCN(C(=O)/C=C/c1ccc(Cl)c(Cl)c1)C1CCS(=O)(=O)C1. The van der Waals surface area contributed by atoms with Gasteiger partial charge in [0.05, 0.1) is 28.2 Å². The minimum atomic E-state index is -3.07. The van der Waals surface area contributed by atoms with Gasteiger partial charge in [-0.3, -0.25) is 4.79 Å². The van der Waals surface area contributed by atoms with Crippen molar-refractivity contribution >= 4 is 45.0 Å². The molecule has 132 valence electrons. The second-order valence-electron chi connectivity index (χ2n) is 5.59. The Hall–Kier alpha value is -1.08. The van der Waals surface area contributed by atoms with Crippen molar-refractivity contribution in [3.8, 4) is 0 Å². The summed E-state index contributed by atoms with van der Waals surface area (Å²) in [5, 5.41) is 0.849. The van der Waals surface area contributed by atoms with E-state index in [1.165, 1.54) is 6.08 Å². The van der Waals surface area contributed by atoms with Crippen molar-refractivity contribution in [1.29, 1.82) is 0 Å². The van der Waals surface area contributed by atoms with Crippen LogP contribution in [0.4, 0.5) is 0 Å². The zero-order valence-electron chi connectivity index (χ0n) is 13.2. The summed E-state index contributed by atoms with van der Waals surface area (Å²) >= 11 is 11.8. The maximum atomic E-state index is 12.5. The Morgan fingerprint density at radius 2 is 2.12 bits per heavy atom. The van der Waals surface area contributed by atoms with Gasteiger partial charge in [-0.05, 0) is 30.2 Å². The van der Waals surface area contributed by atoms with Gasteiger partial charge in [-0.2, -0.15) is 0 Å². The third kappa shape index (κ3) is 5.21. The third-order valence-corrected chi connectivity index (χ3v) is 6.32. The molecule has 1 fully saturated rings. The van der Waals surface area contributed by atoms with Gasteiger partial charge in [0.1, 0.15) is 0 Å². The molecule has 0 saturated carbocycles. The first kappa shape index (κ1) is 19.2. The highest BCUT2D eigenvalue weighted by Crippen LogP contribution is 2.23. The van der Waals surface area contributed by atoms with E-state index < -0.39 is 9.84 Å². The first-order valence-electron chi connectivity index (χ1n) is 7.45. The van der Waals surface area contributed by atoms with Crippen molar-refractivity contribution in [2.24, 2.45) is 0 Å². The van der Waals surface area contributed by atoms with Crippen LogP contribution in [0, 0.1) is 0 Å². The monoisotopic (exact) mass is 391 g/mol. The summed E-state index contributed by atoms with van der Waals surface area (Å²) in [5.41, 5.74) is 0.739. The summed E-state index contributed by atoms with van der Waals surface area (Å²) < 4.78 is 28.4. The van der Waals surface area contributed by atoms with Crippen molar-refractivity contribution in [2.75, 3.05) is 31.8 Å². The molecule has 0 N–H and O–H groups in total. The number of sulfone groups is 1. The van der Waals surface area contributed by atoms with E-state index in [2.05, 4.69) is 0 Å². The lowest BCUT2D eigenvalue weighted by atomic mass is 10.2. The van der Waals surface area contributed by atoms with Crippen LogP contribution in [0.5, 0.6) is 0 Å². The van der Waals surface area contributed by atoms with E-state index in [4.69, 9.17) is 27.9 Å². The summed E-state index contributed by atoms with van der Waals surface area (Å²) in [6.45, 7) is 0.699. The van der Waals surface area contributed by atoms with Crippen molar-refractivity contribution in [1.82, 2.24) is 4.90 Å². The van der Waals surface area contributed by atoms with E-state index in [-0.39, 0.29) is 23.5 Å². The first-order chi connectivity index (χ1) is 11.3. The number of ether oxygens (including phenoxy) is 1. The maximum absolute atomic E-state index is 12.5. The summed E-state index contributed by atoms with van der Waals surface area (Å²) in [4.78, 5) is 14.1. The van der Waals surface area contributed by atoms with Crippen LogP contribution in [0.2, 0.25) is 10.0 Å². The minimum absolute atomic E-state index is 0.00304. The highest BCUT2D eigenvalue weighted by molar-refractivity contribution is 7.91. The van der Waals surface area contributed by atoms with Gasteiger partial charge in [0.2, 0.25) is 5.91 Å². The van der Waals surface area contributed by atoms with E-state index in [1.54, 1.807) is 36.3 Å². The molecule has 1 aromatic carbocycles. The number of benzene rings is 1. The Kier molecular flexibility index (Phi) is 6.69. The topological polar surface area (TPSA) is 63.7 Å². The van der Waals surface area contributed by atoms with Gasteiger partial charge < -0.3 is 9.64 Å². The molecule has 2 rings (SSSR count). The number of hydrogen-bond donors (Lipinski definition) is 0. The number of nitrogens with zero attached hydrogens (tertiary/aromatic N) is 1. The highest BCUT2D eigenvalue weighted by atomic mass is 35.5. The van der Waals surface area contributed by atoms with Crippen LogP contribution < -0.4 is 0 Å². The van der Waals surface area contributed by atoms with Crippen molar-refractivity contribution in [3.05, 3.63) is 39.9 Å². The molecular formula is C16H19Cl2NO4S. The smallest absolute Gasteiger partial charge is 0.246 e. The van der Waals surface area contributed by atoms with Crippen LogP contribution >= 0.6 is 23.2 Å². The summed E-state index contributed by atoms with van der Waals surface area (Å²) in [7, 11) is -1.53. The van der Waals surface area contributed by atoms with Gasteiger partial charge >= 0.3 is 0 Å². The van der Waals surface area contributed by atoms with Gasteiger partial charge in [-0.1, -0.05) is 29.3 Å². The number of amides is 1. The number of carbonyl (C=O) groups excluding carboxylic acids is 1. The minimum Gasteiger partial charge on any atom is -0.383 e. The summed E-state index contributed by atoms with van der Waals surface area (Å²) in [5.74, 6) is -0.131. The maximum Gasteiger partial charge on any atom is 0.246 e. The first-order valence-corrected chi connectivity index (χ1v) is 10.0. The van der Waals surface area contributed by atoms with Crippen molar-refractivity contribution in [2.45, 2.75) is 12.5 Å². The number of hydrogen-bond acceptors (Lipinski definition) is 4. The zero-order valence-corrected chi connectivity index (χ0v) is 15.6. The average Bonchev–Trinajstić information content (AvgIpc) is 2.88. The van der Waals surface area contributed by atoms with E-state index >= 15 is 0 Å². The molecule has 1 atom stereocenters. The van der Waals surface area contributed by atoms with Gasteiger partial charge in [0.25, 0.3) is 0 Å². The second-order valence-corrected chi connectivity index (χ2v) is 8.63. The van der Waals surface area contributed by atoms with Crippen LogP contribution in [-0.4, -0.2) is 57.0 Å². The molecule has 0 bridgehead atoms. The quantitative estimate of drug-likeness (QED) is 0.699. The lowest BCUT2D eigenvalue weighted by Gasteiger charge is -2.26. The summed E-state index contributed by atoms with van der Waals surface area (Å²) in [6.07, 6.45) is 3.51. The third-order valence-electron chi connectivity index (χ3n) is 3.83. The Morgan fingerprint density at radius 1 is 1.38 bits per heavy atom. The fourth-order valence-electron chi connectivity index (χ4n) is 2.56. The molecule has 1 unspecified atom stereocenters. The van der Waals surface area contributed by atoms with E-state index in [9.17, 15) is 13.2 Å². The largest absolute Gasteiger partial charge is 0.383 e. The lowest BCUT2D eigenvalue weighted by Crippen LogP contribution is -2.42. The zero-order chi connectivity index (χ0) is 17.7. The molecule has 24 heavy (non-hydrogen) atoms. The van der Waals surface area contributed by atoms with Crippen LogP contribution in [0.15, 0.2) is 24.3 Å². The highest BCUT2D eigenvalue weighted by Gasteiger charge is 2.33. The fourth-order valence-corrected chi connectivity index (χ4v) is 4.60. The Labute approximate surface area is 152 Å². The normalized spacial score (nSPS) is 19.7. The van der Waals surface area contributed by atoms with E-state index in [0.29, 0.717) is 29.6 Å². The fraction of sp³-hybridized carbons (Fsp3) is 0.438. The molecule has 1 aromatic rings. The molecule has 0 aromatic heterocycles. The van der Waals surface area contributed by atoms with Crippen molar-refractivity contribution < 1.29 is 17.9 Å². The molecule has 0 aliphatic carbocycles. The molecule has 1 heterocycles. The molecule has 5 nitrogen and oxygen atoms in total. The predicted octanol–water partition coefficient (Wildman–Crippen LogP) is 2.67. The molecule has 0 radical (unpaired) electrons. The molecule has 1 amide bonds. The number of carbonyl (C=O) groups is 1. The van der Waals surface area contributed by atoms with Gasteiger partial charge in [0, 0.05) is 25.8 Å².